The summed E-state index contributed by atoms with van der Waals surface area (Å²) >= 11 is 1.53. The van der Waals surface area contributed by atoms with Gasteiger partial charge in [-0.25, -0.2) is 9.20 Å². The Balaban J connectivity index is 1.84. The van der Waals surface area contributed by atoms with E-state index in [1.807, 2.05) is 18.2 Å². The number of fused-ring (bicyclic) bond motifs is 3. The number of hydrogen-bond acceptors (Lipinski definition) is 7. The molecule has 0 saturated heterocycles. The Morgan fingerprint density at radius 2 is 2.00 bits per heavy atom. The molecule has 0 aliphatic rings. The molecule has 1 N–H and O–H groups in total. The molecule has 0 fully saturated rings. The molecule has 154 valence electrons. The van der Waals surface area contributed by atoms with E-state index in [0.717, 1.165) is 21.0 Å². The smallest absolute Gasteiger partial charge is 0.338 e. The molecule has 4 rings (SSSR count). The van der Waals surface area contributed by atoms with Gasteiger partial charge >= 0.3 is 5.97 Å². The zero-order valence-electron chi connectivity index (χ0n) is 16.9. The van der Waals surface area contributed by atoms with Gasteiger partial charge in [0.1, 0.15) is 4.83 Å². The van der Waals surface area contributed by atoms with Crippen LogP contribution in [0.25, 0.3) is 16.0 Å². The van der Waals surface area contributed by atoms with Crippen molar-refractivity contribution in [1.82, 2.24) is 19.2 Å². The molecule has 0 spiro atoms. The summed E-state index contributed by atoms with van der Waals surface area (Å²) < 4.78 is 8.43. The number of carbonyl (C=O) groups is 1. The van der Waals surface area contributed by atoms with Gasteiger partial charge in [0.05, 0.1) is 17.6 Å². The Morgan fingerprint density at radius 3 is 2.67 bits per heavy atom. The number of hydrogen-bond donors (Lipinski definition) is 1. The van der Waals surface area contributed by atoms with Gasteiger partial charge in [0.2, 0.25) is 11.7 Å². The van der Waals surface area contributed by atoms with Gasteiger partial charge in [-0.05, 0) is 50.6 Å². The number of esters is 1. The van der Waals surface area contributed by atoms with E-state index < -0.39 is 0 Å². The summed E-state index contributed by atoms with van der Waals surface area (Å²) in [6, 6.07) is 6.92. The normalized spacial score (nSPS) is 11.2. The van der Waals surface area contributed by atoms with Crippen LogP contribution in [-0.2, 0) is 11.3 Å². The Labute approximate surface area is 176 Å². The number of aromatic nitrogens is 4. The van der Waals surface area contributed by atoms with E-state index in [9.17, 15) is 9.59 Å². The molecule has 3 aromatic heterocycles. The minimum Gasteiger partial charge on any atom is -0.462 e. The lowest BCUT2D eigenvalue weighted by atomic mass is 10.2. The molecule has 0 aliphatic carbocycles. The number of thiophene rings is 1. The highest BCUT2D eigenvalue weighted by atomic mass is 32.1. The van der Waals surface area contributed by atoms with Crippen LogP contribution in [0.5, 0.6) is 0 Å². The number of ether oxygens (including phenoxy) is 1. The van der Waals surface area contributed by atoms with E-state index in [-0.39, 0.29) is 11.5 Å². The van der Waals surface area contributed by atoms with Crippen LogP contribution in [0.4, 0.5) is 11.6 Å². The van der Waals surface area contributed by atoms with Crippen LogP contribution >= 0.6 is 11.3 Å². The highest BCUT2D eigenvalue weighted by Crippen LogP contribution is 2.30. The third kappa shape index (κ3) is 3.17. The van der Waals surface area contributed by atoms with E-state index in [1.165, 1.54) is 11.3 Å². The number of allylic oxidation sites excluding steroid dienone is 1. The standard InChI is InChI=1S/C21H21N5O3S/c1-5-11-25-17(27)16-12(3)13(4)30-18(16)26-20(23-24-21(25)26)22-15-9-7-14(8-10-15)19(28)29-6-2/h5,7-10H,1,6,11H2,2-4H3,(H,22,23). The van der Waals surface area contributed by atoms with Crippen molar-refractivity contribution in [3.05, 3.63) is 63.3 Å². The van der Waals surface area contributed by atoms with Crippen LogP contribution in [-0.4, -0.2) is 31.7 Å². The first-order valence-electron chi connectivity index (χ1n) is 9.49. The van der Waals surface area contributed by atoms with E-state index in [0.29, 0.717) is 35.8 Å². The van der Waals surface area contributed by atoms with Crippen molar-refractivity contribution in [2.24, 2.45) is 0 Å². The number of aryl methyl sites for hydroxylation is 2. The second-order valence-corrected chi connectivity index (χ2v) is 7.95. The molecule has 0 unspecified atom stereocenters. The van der Waals surface area contributed by atoms with Gasteiger partial charge in [0.15, 0.2) is 0 Å². The number of rotatable bonds is 6. The van der Waals surface area contributed by atoms with Crippen molar-refractivity contribution in [2.75, 3.05) is 11.9 Å². The number of anilines is 2. The maximum atomic E-state index is 13.1. The minimum absolute atomic E-state index is 0.100. The summed E-state index contributed by atoms with van der Waals surface area (Å²) in [6.07, 6.45) is 1.66. The van der Waals surface area contributed by atoms with Gasteiger partial charge in [0.25, 0.3) is 5.56 Å². The summed E-state index contributed by atoms with van der Waals surface area (Å²) in [4.78, 5) is 26.8. The Morgan fingerprint density at radius 1 is 1.27 bits per heavy atom. The van der Waals surface area contributed by atoms with Gasteiger partial charge in [-0.1, -0.05) is 6.08 Å². The molecule has 1 aromatic carbocycles. The first-order valence-corrected chi connectivity index (χ1v) is 10.3. The molecule has 0 radical (unpaired) electrons. The summed E-state index contributed by atoms with van der Waals surface area (Å²) in [5.74, 6) is 0.564. The molecule has 0 atom stereocenters. The van der Waals surface area contributed by atoms with Crippen molar-refractivity contribution < 1.29 is 9.53 Å². The molecule has 0 aliphatic heterocycles. The second kappa shape index (κ2) is 7.75. The molecular weight excluding hydrogens is 402 g/mol. The largest absolute Gasteiger partial charge is 0.462 e. The number of nitrogens with zero attached hydrogens (tertiary/aromatic N) is 4. The van der Waals surface area contributed by atoms with Crippen LogP contribution in [0, 0.1) is 13.8 Å². The third-order valence-corrected chi connectivity index (χ3v) is 6.07. The van der Waals surface area contributed by atoms with Crippen LogP contribution in [0.15, 0.2) is 41.7 Å². The predicted molar refractivity (Wildman–Crippen MR) is 118 cm³/mol. The van der Waals surface area contributed by atoms with Crippen molar-refractivity contribution in [3.63, 3.8) is 0 Å². The Bertz CT molecular complexity index is 1330. The van der Waals surface area contributed by atoms with E-state index >= 15 is 0 Å². The maximum absolute atomic E-state index is 13.1. The zero-order valence-corrected chi connectivity index (χ0v) is 17.7. The summed E-state index contributed by atoms with van der Waals surface area (Å²) in [6.45, 7) is 10.1. The first-order chi connectivity index (χ1) is 14.5. The third-order valence-electron chi connectivity index (χ3n) is 4.88. The fourth-order valence-electron chi connectivity index (χ4n) is 3.29. The van der Waals surface area contributed by atoms with Crippen molar-refractivity contribution in [1.29, 1.82) is 0 Å². The molecule has 0 amide bonds. The van der Waals surface area contributed by atoms with Gasteiger partial charge in [-0.2, -0.15) is 0 Å². The molecule has 3 heterocycles. The van der Waals surface area contributed by atoms with Crippen molar-refractivity contribution in [3.8, 4) is 0 Å². The number of benzene rings is 1. The first kappa shape index (κ1) is 19.8. The molecule has 30 heavy (non-hydrogen) atoms. The van der Waals surface area contributed by atoms with Crippen LogP contribution in [0.2, 0.25) is 0 Å². The second-order valence-electron chi connectivity index (χ2n) is 6.75. The summed E-state index contributed by atoms with van der Waals surface area (Å²) in [5, 5.41) is 12.4. The van der Waals surface area contributed by atoms with Crippen LogP contribution in [0.3, 0.4) is 0 Å². The highest BCUT2D eigenvalue weighted by Gasteiger charge is 2.20. The molecule has 0 saturated carbocycles. The fraction of sp³-hybridized carbons (Fsp3) is 0.238. The topological polar surface area (TPSA) is 90.5 Å². The Kier molecular flexibility index (Phi) is 5.13. The average Bonchev–Trinajstić information content (AvgIpc) is 3.27. The minimum atomic E-state index is -0.364. The predicted octanol–water partition coefficient (Wildman–Crippen LogP) is 3.83. The quantitative estimate of drug-likeness (QED) is 0.374. The summed E-state index contributed by atoms with van der Waals surface area (Å²) in [7, 11) is 0. The summed E-state index contributed by atoms with van der Waals surface area (Å²) in [5.41, 5.74) is 2.06. The molecule has 4 aromatic rings. The maximum Gasteiger partial charge on any atom is 0.338 e. The van der Waals surface area contributed by atoms with E-state index in [4.69, 9.17) is 4.74 Å². The molecule has 8 nitrogen and oxygen atoms in total. The fourth-order valence-corrected chi connectivity index (χ4v) is 4.44. The van der Waals surface area contributed by atoms with Gasteiger partial charge in [0, 0.05) is 17.1 Å². The Hall–Kier alpha value is -3.46. The monoisotopic (exact) mass is 423 g/mol. The van der Waals surface area contributed by atoms with Gasteiger partial charge < -0.3 is 10.1 Å². The number of nitrogens with one attached hydrogen (secondary N) is 1. The van der Waals surface area contributed by atoms with Crippen molar-refractivity contribution in [2.45, 2.75) is 27.3 Å². The average molecular weight is 423 g/mol. The SMILES string of the molecule is C=CCn1c(=O)c2c(C)c(C)sc2n2c(Nc3ccc(C(=O)OCC)cc3)nnc12. The van der Waals surface area contributed by atoms with Crippen LogP contribution < -0.4 is 10.9 Å². The molecular formula is C21H21N5O3S. The lowest BCUT2D eigenvalue weighted by Crippen LogP contribution is -2.22. The van der Waals surface area contributed by atoms with E-state index in [1.54, 1.807) is 41.8 Å². The van der Waals surface area contributed by atoms with Crippen LogP contribution in [0.1, 0.15) is 27.7 Å². The van der Waals surface area contributed by atoms with Crippen molar-refractivity contribution >= 4 is 44.9 Å². The van der Waals surface area contributed by atoms with Gasteiger partial charge in [-0.3, -0.25) is 9.36 Å². The van der Waals surface area contributed by atoms with E-state index in [2.05, 4.69) is 22.1 Å². The zero-order chi connectivity index (χ0) is 21.4. The molecule has 0 bridgehead atoms. The number of carbonyl (C=O) groups excluding carboxylic acids is 1. The van der Waals surface area contributed by atoms with Gasteiger partial charge in [-0.15, -0.1) is 28.1 Å². The lowest BCUT2D eigenvalue weighted by Gasteiger charge is -2.09. The lowest BCUT2D eigenvalue weighted by molar-refractivity contribution is 0.0526. The molecule has 9 heteroatoms. The highest BCUT2D eigenvalue weighted by molar-refractivity contribution is 7.18.